The van der Waals surface area contributed by atoms with Crippen LogP contribution in [0.3, 0.4) is 0 Å². The first-order valence-electron chi connectivity index (χ1n) is 10.2. The van der Waals surface area contributed by atoms with Gasteiger partial charge in [-0.2, -0.15) is 0 Å². The Morgan fingerprint density at radius 3 is 1.38 bits per heavy atom. The summed E-state index contributed by atoms with van der Waals surface area (Å²) >= 11 is 3.41. The van der Waals surface area contributed by atoms with Crippen LogP contribution < -0.4 is 11.1 Å². The Hall–Kier alpha value is -3.22. The largest absolute Gasteiger partial charge is 0.392 e. The van der Waals surface area contributed by atoms with Gasteiger partial charge >= 0.3 is 0 Å². The topological polar surface area (TPSA) is 64.2 Å². The highest BCUT2D eigenvalue weighted by molar-refractivity contribution is 9.08. The second-order valence-corrected chi connectivity index (χ2v) is 7.82. The number of hydrogen-bond acceptors (Lipinski definition) is 3. The number of aromatic nitrogens is 2. The zero-order chi connectivity index (χ0) is 22.8. The summed E-state index contributed by atoms with van der Waals surface area (Å²) in [7, 11) is 0. The standard InChI is InChI=1S/C13H12BrNO.C13H13NO2/c14-9-11-4-6-12(7-5-11)10-15-8-2-1-3-13(15)16;15-10-12-6-4-11(5-7-12)9-14-8-2-1-3-13(14)16/h1-8H,9-10H2;1-8,15H,9-10H2. The number of hydrogen-bond donors (Lipinski definition) is 1. The molecular formula is C26H25BrN2O3. The zero-order valence-electron chi connectivity index (χ0n) is 17.6. The van der Waals surface area contributed by atoms with Crippen molar-refractivity contribution in [3.8, 4) is 0 Å². The van der Waals surface area contributed by atoms with Crippen molar-refractivity contribution in [1.82, 2.24) is 9.13 Å². The fourth-order valence-corrected chi connectivity index (χ4v) is 3.43. The van der Waals surface area contributed by atoms with Gasteiger partial charge in [0.05, 0.1) is 19.7 Å². The van der Waals surface area contributed by atoms with Gasteiger partial charge in [-0.25, -0.2) is 0 Å². The van der Waals surface area contributed by atoms with E-state index < -0.39 is 0 Å². The third-order valence-electron chi connectivity index (χ3n) is 4.89. The number of nitrogens with zero attached hydrogens (tertiary/aromatic N) is 2. The summed E-state index contributed by atoms with van der Waals surface area (Å²) in [5.74, 6) is 0. The molecule has 0 amide bonds. The Morgan fingerprint density at radius 1 is 0.594 bits per heavy atom. The molecule has 164 valence electrons. The molecule has 5 nitrogen and oxygen atoms in total. The van der Waals surface area contributed by atoms with E-state index in [0.29, 0.717) is 13.1 Å². The maximum absolute atomic E-state index is 11.5. The Balaban J connectivity index is 0.000000181. The monoisotopic (exact) mass is 492 g/mol. The number of aliphatic hydroxyl groups excluding tert-OH is 1. The lowest BCUT2D eigenvalue weighted by Gasteiger charge is -2.05. The molecule has 0 radical (unpaired) electrons. The molecule has 0 aliphatic rings. The summed E-state index contributed by atoms with van der Waals surface area (Å²) < 4.78 is 3.34. The van der Waals surface area contributed by atoms with Gasteiger partial charge in [0.2, 0.25) is 0 Å². The molecule has 32 heavy (non-hydrogen) atoms. The highest BCUT2D eigenvalue weighted by Gasteiger charge is 1.98. The van der Waals surface area contributed by atoms with Crippen molar-refractivity contribution >= 4 is 15.9 Å². The van der Waals surface area contributed by atoms with Crippen LogP contribution in [0.2, 0.25) is 0 Å². The van der Waals surface area contributed by atoms with Crippen molar-refractivity contribution < 1.29 is 5.11 Å². The van der Waals surface area contributed by atoms with Crippen LogP contribution in [0.25, 0.3) is 0 Å². The van der Waals surface area contributed by atoms with Crippen LogP contribution in [-0.4, -0.2) is 14.2 Å². The lowest BCUT2D eigenvalue weighted by atomic mass is 10.1. The quantitative estimate of drug-likeness (QED) is 0.410. The Labute approximate surface area is 195 Å². The van der Waals surface area contributed by atoms with Crippen LogP contribution in [0, 0.1) is 0 Å². The molecule has 0 aliphatic heterocycles. The van der Waals surface area contributed by atoms with Gasteiger partial charge < -0.3 is 14.2 Å². The molecular weight excluding hydrogens is 468 g/mol. The number of alkyl halides is 1. The minimum Gasteiger partial charge on any atom is -0.392 e. The lowest BCUT2D eigenvalue weighted by molar-refractivity contribution is 0.282. The average molecular weight is 493 g/mol. The summed E-state index contributed by atoms with van der Waals surface area (Å²) in [6.07, 6.45) is 3.57. The maximum atomic E-state index is 11.5. The van der Waals surface area contributed by atoms with E-state index in [2.05, 4.69) is 40.2 Å². The first-order valence-corrected chi connectivity index (χ1v) is 11.3. The Bertz CT molecular complexity index is 1130. The van der Waals surface area contributed by atoms with Crippen LogP contribution >= 0.6 is 15.9 Å². The number of aliphatic hydroxyl groups is 1. The molecule has 2 aromatic heterocycles. The molecule has 0 atom stereocenters. The second-order valence-electron chi connectivity index (χ2n) is 7.26. The molecule has 0 saturated heterocycles. The summed E-state index contributed by atoms with van der Waals surface area (Å²) in [6, 6.07) is 26.1. The van der Waals surface area contributed by atoms with E-state index in [-0.39, 0.29) is 17.7 Å². The fraction of sp³-hybridized carbons (Fsp3) is 0.154. The zero-order valence-corrected chi connectivity index (χ0v) is 19.2. The first kappa shape index (κ1) is 23.4. The maximum Gasteiger partial charge on any atom is 0.250 e. The van der Waals surface area contributed by atoms with E-state index in [1.54, 1.807) is 45.8 Å². The summed E-state index contributed by atoms with van der Waals surface area (Å²) in [5, 5.41) is 9.77. The average Bonchev–Trinajstić information content (AvgIpc) is 2.83. The van der Waals surface area contributed by atoms with E-state index in [1.165, 1.54) is 5.56 Å². The van der Waals surface area contributed by atoms with E-state index >= 15 is 0 Å². The van der Waals surface area contributed by atoms with Gasteiger partial charge in [0.1, 0.15) is 0 Å². The van der Waals surface area contributed by atoms with Crippen molar-refractivity contribution in [3.63, 3.8) is 0 Å². The minimum absolute atomic E-state index is 0.00580. The summed E-state index contributed by atoms with van der Waals surface area (Å²) in [6.45, 7) is 1.24. The van der Waals surface area contributed by atoms with Crippen molar-refractivity contribution in [1.29, 1.82) is 0 Å². The molecule has 1 N–H and O–H groups in total. The van der Waals surface area contributed by atoms with Crippen LogP contribution in [0.1, 0.15) is 22.3 Å². The van der Waals surface area contributed by atoms with Crippen molar-refractivity contribution in [3.05, 3.63) is 140 Å². The second kappa shape index (κ2) is 12.0. The number of rotatable bonds is 6. The number of halogens is 1. The van der Waals surface area contributed by atoms with Gasteiger partial charge in [-0.1, -0.05) is 76.6 Å². The van der Waals surface area contributed by atoms with Gasteiger partial charge in [0.15, 0.2) is 0 Å². The van der Waals surface area contributed by atoms with Gasteiger partial charge in [-0.3, -0.25) is 9.59 Å². The number of benzene rings is 2. The molecule has 0 fully saturated rings. The van der Waals surface area contributed by atoms with Gasteiger partial charge in [0.25, 0.3) is 11.1 Å². The molecule has 4 aromatic rings. The normalized spacial score (nSPS) is 10.3. The third-order valence-corrected chi connectivity index (χ3v) is 5.53. The molecule has 0 unspecified atom stereocenters. The molecule has 4 rings (SSSR count). The lowest BCUT2D eigenvalue weighted by Crippen LogP contribution is -2.18. The number of pyridine rings is 2. The Morgan fingerprint density at radius 2 is 1.00 bits per heavy atom. The first-order chi connectivity index (χ1) is 15.6. The molecule has 2 heterocycles. The molecule has 0 saturated carbocycles. The van der Waals surface area contributed by atoms with Gasteiger partial charge in [-0.05, 0) is 34.4 Å². The Kier molecular flexibility index (Phi) is 8.78. The molecule has 2 aromatic carbocycles. The van der Waals surface area contributed by atoms with Crippen LogP contribution in [0.4, 0.5) is 0 Å². The van der Waals surface area contributed by atoms with E-state index in [0.717, 1.165) is 22.0 Å². The highest BCUT2D eigenvalue weighted by Crippen LogP contribution is 2.08. The van der Waals surface area contributed by atoms with E-state index in [4.69, 9.17) is 5.11 Å². The summed E-state index contributed by atoms with van der Waals surface area (Å²) in [4.78, 5) is 23.0. The molecule has 6 heteroatoms. The van der Waals surface area contributed by atoms with Crippen LogP contribution in [0.15, 0.2) is 107 Å². The van der Waals surface area contributed by atoms with Crippen molar-refractivity contribution in [2.45, 2.75) is 25.0 Å². The smallest absolute Gasteiger partial charge is 0.250 e. The molecule has 0 spiro atoms. The third kappa shape index (κ3) is 6.90. The highest BCUT2D eigenvalue weighted by atomic mass is 79.9. The predicted octanol–water partition coefficient (Wildman–Crippen LogP) is 4.18. The molecule has 0 bridgehead atoms. The van der Waals surface area contributed by atoms with Gasteiger partial charge in [-0.15, -0.1) is 0 Å². The van der Waals surface area contributed by atoms with Crippen molar-refractivity contribution in [2.75, 3.05) is 0 Å². The minimum atomic E-state index is -0.00580. The summed E-state index contributed by atoms with van der Waals surface area (Å²) in [5.41, 5.74) is 4.33. The van der Waals surface area contributed by atoms with Crippen LogP contribution in [-0.2, 0) is 25.0 Å². The van der Waals surface area contributed by atoms with E-state index in [9.17, 15) is 9.59 Å². The van der Waals surface area contributed by atoms with Gasteiger partial charge in [0, 0.05) is 29.9 Å². The predicted molar refractivity (Wildman–Crippen MR) is 131 cm³/mol. The van der Waals surface area contributed by atoms with Crippen molar-refractivity contribution in [2.24, 2.45) is 0 Å². The van der Waals surface area contributed by atoms with Crippen LogP contribution in [0.5, 0.6) is 0 Å². The fourth-order valence-electron chi connectivity index (χ4n) is 3.06. The van der Waals surface area contributed by atoms with E-state index in [1.807, 2.05) is 36.4 Å². The molecule has 0 aliphatic carbocycles. The SMILES string of the molecule is O=c1ccccn1Cc1ccc(CBr)cc1.O=c1ccccn1Cc1ccc(CO)cc1.